The van der Waals surface area contributed by atoms with Crippen molar-refractivity contribution < 1.29 is 0 Å². The predicted octanol–water partition coefficient (Wildman–Crippen LogP) is 2.99. The van der Waals surface area contributed by atoms with Gasteiger partial charge in [-0.3, -0.25) is 0 Å². The van der Waals surface area contributed by atoms with Crippen molar-refractivity contribution in [1.82, 2.24) is 4.98 Å². The number of hydrogen-bond donors (Lipinski definition) is 0. The fourth-order valence-corrected chi connectivity index (χ4v) is 2.46. The summed E-state index contributed by atoms with van der Waals surface area (Å²) in [7, 11) is 0. The topological polar surface area (TPSA) is 16.1 Å². The van der Waals surface area contributed by atoms with Gasteiger partial charge in [-0.15, -0.1) is 11.6 Å². The van der Waals surface area contributed by atoms with E-state index in [0.717, 1.165) is 12.4 Å². The van der Waals surface area contributed by atoms with E-state index in [-0.39, 0.29) is 0 Å². The third kappa shape index (κ3) is 2.43. The molecular weight excluding hydrogens is 208 g/mol. The summed E-state index contributed by atoms with van der Waals surface area (Å²) in [4.78, 5) is 6.78. The van der Waals surface area contributed by atoms with Crippen LogP contribution in [0.25, 0.3) is 0 Å². The van der Waals surface area contributed by atoms with E-state index in [1.165, 1.54) is 24.8 Å². The van der Waals surface area contributed by atoms with E-state index >= 15 is 0 Å². The Hall–Kier alpha value is -0.760. The van der Waals surface area contributed by atoms with Crippen molar-refractivity contribution in [3.63, 3.8) is 0 Å². The van der Waals surface area contributed by atoms with Gasteiger partial charge < -0.3 is 4.90 Å². The number of hydrogen-bond acceptors (Lipinski definition) is 2. The number of nitrogens with zero attached hydrogens (tertiary/aromatic N) is 2. The Labute approximate surface area is 96.3 Å². The first-order chi connectivity index (χ1) is 7.31. The minimum absolute atomic E-state index is 0.467. The van der Waals surface area contributed by atoms with Crippen molar-refractivity contribution in [2.24, 2.45) is 0 Å². The van der Waals surface area contributed by atoms with Gasteiger partial charge in [-0.1, -0.05) is 0 Å². The number of piperidine rings is 1. The smallest absolute Gasteiger partial charge is 0.129 e. The average molecular weight is 225 g/mol. The zero-order valence-electron chi connectivity index (χ0n) is 9.12. The van der Waals surface area contributed by atoms with Gasteiger partial charge in [0.1, 0.15) is 5.82 Å². The molecule has 2 heterocycles. The van der Waals surface area contributed by atoms with Gasteiger partial charge in [-0.25, -0.2) is 4.98 Å². The molecule has 2 nitrogen and oxygen atoms in total. The third-order valence-corrected chi connectivity index (χ3v) is 3.36. The normalized spacial score (nSPS) is 21.7. The van der Waals surface area contributed by atoms with Crippen LogP contribution < -0.4 is 4.90 Å². The van der Waals surface area contributed by atoms with Crippen LogP contribution in [0.2, 0.25) is 0 Å². The zero-order valence-corrected chi connectivity index (χ0v) is 9.87. The fraction of sp³-hybridized carbons (Fsp3) is 0.583. The monoisotopic (exact) mass is 224 g/mol. The molecular formula is C12H17ClN2. The number of anilines is 1. The molecule has 0 spiro atoms. The maximum atomic E-state index is 6.00. The van der Waals surface area contributed by atoms with Crippen LogP contribution in [0, 0.1) is 6.92 Å². The van der Waals surface area contributed by atoms with E-state index in [0.29, 0.717) is 11.9 Å². The quantitative estimate of drug-likeness (QED) is 0.718. The molecule has 1 aliphatic rings. The molecule has 0 amide bonds. The summed E-state index contributed by atoms with van der Waals surface area (Å²) in [5.41, 5.74) is 1.26. The first kappa shape index (κ1) is 10.7. The highest BCUT2D eigenvalue weighted by Gasteiger charge is 2.22. The van der Waals surface area contributed by atoms with Crippen LogP contribution in [0.3, 0.4) is 0 Å². The molecule has 3 heteroatoms. The summed E-state index contributed by atoms with van der Waals surface area (Å²) in [6.07, 6.45) is 5.62. The van der Waals surface area contributed by atoms with Crippen LogP contribution in [0.1, 0.15) is 24.8 Å². The summed E-state index contributed by atoms with van der Waals surface area (Å²) in [6, 6.07) is 4.64. The number of halogens is 1. The van der Waals surface area contributed by atoms with Gasteiger partial charge in [0.15, 0.2) is 0 Å². The van der Waals surface area contributed by atoms with Crippen LogP contribution in [0.15, 0.2) is 18.3 Å². The molecule has 0 aromatic carbocycles. The summed E-state index contributed by atoms with van der Waals surface area (Å²) < 4.78 is 0. The minimum atomic E-state index is 0.467. The lowest BCUT2D eigenvalue weighted by Gasteiger charge is -2.35. The lowest BCUT2D eigenvalue weighted by molar-refractivity contribution is 0.484. The molecule has 0 saturated carbocycles. The molecule has 1 atom stereocenters. The van der Waals surface area contributed by atoms with Crippen LogP contribution in [-0.4, -0.2) is 23.5 Å². The van der Waals surface area contributed by atoms with Gasteiger partial charge in [-0.05, 0) is 43.9 Å². The van der Waals surface area contributed by atoms with Gasteiger partial charge >= 0.3 is 0 Å². The highest BCUT2D eigenvalue weighted by molar-refractivity contribution is 6.18. The summed E-state index contributed by atoms with van der Waals surface area (Å²) >= 11 is 6.00. The van der Waals surface area contributed by atoms with Crippen molar-refractivity contribution in [3.8, 4) is 0 Å². The van der Waals surface area contributed by atoms with E-state index in [4.69, 9.17) is 11.6 Å². The number of aromatic nitrogens is 1. The molecule has 0 radical (unpaired) electrons. The van der Waals surface area contributed by atoms with E-state index in [1.807, 2.05) is 12.3 Å². The molecule has 82 valence electrons. The molecule has 1 aromatic rings. The van der Waals surface area contributed by atoms with Crippen LogP contribution in [0.5, 0.6) is 0 Å². The van der Waals surface area contributed by atoms with E-state index < -0.39 is 0 Å². The van der Waals surface area contributed by atoms with Gasteiger partial charge in [0.05, 0.1) is 0 Å². The lowest BCUT2D eigenvalue weighted by Crippen LogP contribution is -2.41. The summed E-state index contributed by atoms with van der Waals surface area (Å²) in [6.45, 7) is 3.19. The first-order valence-corrected chi connectivity index (χ1v) is 6.10. The maximum absolute atomic E-state index is 6.00. The third-order valence-electron chi connectivity index (χ3n) is 3.00. The standard InChI is InChI=1S/C12H17ClN2/c1-10-5-6-14-12(8-10)15-7-3-2-4-11(15)9-13/h5-6,8,11H,2-4,7,9H2,1H3. The fourth-order valence-electron chi connectivity index (χ4n) is 2.14. The van der Waals surface area contributed by atoms with Crippen LogP contribution in [0.4, 0.5) is 5.82 Å². The second kappa shape index (κ2) is 4.84. The highest BCUT2D eigenvalue weighted by Crippen LogP contribution is 2.24. The summed E-state index contributed by atoms with van der Waals surface area (Å²) in [5, 5.41) is 0. The molecule has 2 rings (SSSR count). The molecule has 0 aliphatic carbocycles. The Balaban J connectivity index is 2.20. The highest BCUT2D eigenvalue weighted by atomic mass is 35.5. The second-order valence-corrected chi connectivity index (χ2v) is 4.50. The molecule has 1 saturated heterocycles. The number of aryl methyl sites for hydroxylation is 1. The van der Waals surface area contributed by atoms with Crippen LogP contribution in [-0.2, 0) is 0 Å². The Morgan fingerprint density at radius 2 is 2.40 bits per heavy atom. The molecule has 1 fully saturated rings. The van der Waals surface area contributed by atoms with Crippen molar-refractivity contribution in [2.75, 3.05) is 17.3 Å². The van der Waals surface area contributed by atoms with Crippen molar-refractivity contribution in [1.29, 1.82) is 0 Å². The van der Waals surface area contributed by atoms with Crippen molar-refractivity contribution >= 4 is 17.4 Å². The lowest BCUT2D eigenvalue weighted by atomic mass is 10.0. The van der Waals surface area contributed by atoms with E-state index in [1.54, 1.807) is 0 Å². The molecule has 0 N–H and O–H groups in total. The Morgan fingerprint density at radius 1 is 1.53 bits per heavy atom. The Bertz CT molecular complexity index is 327. The number of alkyl halides is 1. The Morgan fingerprint density at radius 3 is 3.13 bits per heavy atom. The maximum Gasteiger partial charge on any atom is 0.129 e. The van der Waals surface area contributed by atoms with E-state index in [9.17, 15) is 0 Å². The Kier molecular flexibility index (Phi) is 3.47. The SMILES string of the molecule is Cc1ccnc(N2CCCCC2CCl)c1. The molecule has 1 unspecified atom stereocenters. The van der Waals surface area contributed by atoms with E-state index in [2.05, 4.69) is 22.9 Å². The van der Waals surface area contributed by atoms with Crippen LogP contribution >= 0.6 is 11.6 Å². The van der Waals surface area contributed by atoms with Crippen molar-refractivity contribution in [2.45, 2.75) is 32.2 Å². The first-order valence-electron chi connectivity index (χ1n) is 5.56. The average Bonchev–Trinajstić information content (AvgIpc) is 2.29. The predicted molar refractivity (Wildman–Crippen MR) is 64.7 cm³/mol. The second-order valence-electron chi connectivity index (χ2n) is 4.19. The molecule has 0 bridgehead atoms. The zero-order chi connectivity index (χ0) is 10.7. The van der Waals surface area contributed by atoms with Gasteiger partial charge in [-0.2, -0.15) is 0 Å². The molecule has 15 heavy (non-hydrogen) atoms. The number of rotatable bonds is 2. The number of pyridine rings is 1. The molecule has 1 aromatic heterocycles. The van der Waals surface area contributed by atoms with Gasteiger partial charge in [0.25, 0.3) is 0 Å². The van der Waals surface area contributed by atoms with Gasteiger partial charge in [0.2, 0.25) is 0 Å². The minimum Gasteiger partial charge on any atom is -0.352 e. The summed E-state index contributed by atoms with van der Waals surface area (Å²) in [5.74, 6) is 1.79. The largest absolute Gasteiger partial charge is 0.352 e. The van der Waals surface area contributed by atoms with Crippen molar-refractivity contribution in [3.05, 3.63) is 23.9 Å². The molecule has 1 aliphatic heterocycles. The van der Waals surface area contributed by atoms with Gasteiger partial charge in [0, 0.05) is 24.7 Å².